The standard InChI is InChI=1S/C22H23FN4O2/c1-3-27(21-9-4-16(11-24)13-25-21)15(2)12-26-22(28)14-29-20-8-6-17-5-7-18(23)10-19(17)20/h4-5,7,9-10,12-13,20H,3,6,8,14H2,1-2H3,(H,26,28)/b15-12+. The Bertz CT molecular complexity index is 950. The minimum atomic E-state index is -0.293. The number of hydrogen-bond acceptors (Lipinski definition) is 5. The van der Waals surface area contributed by atoms with Gasteiger partial charge in [0, 0.05) is 24.6 Å². The first-order chi connectivity index (χ1) is 14.0. The number of halogens is 1. The molecule has 1 amide bonds. The predicted molar refractivity (Wildman–Crippen MR) is 107 cm³/mol. The van der Waals surface area contributed by atoms with Crippen LogP contribution in [-0.2, 0) is 16.0 Å². The van der Waals surface area contributed by atoms with Crippen molar-refractivity contribution in [2.75, 3.05) is 18.1 Å². The van der Waals surface area contributed by atoms with Crippen LogP contribution < -0.4 is 10.2 Å². The summed E-state index contributed by atoms with van der Waals surface area (Å²) in [6.45, 7) is 4.38. The normalized spacial score (nSPS) is 15.5. The smallest absolute Gasteiger partial charge is 0.249 e. The third-order valence-corrected chi connectivity index (χ3v) is 4.88. The van der Waals surface area contributed by atoms with Gasteiger partial charge < -0.3 is 15.0 Å². The number of rotatable bonds is 7. The number of nitrogens with one attached hydrogen (secondary N) is 1. The summed E-state index contributed by atoms with van der Waals surface area (Å²) in [6, 6.07) is 10.2. The topological polar surface area (TPSA) is 78.3 Å². The van der Waals surface area contributed by atoms with Gasteiger partial charge in [0.15, 0.2) is 0 Å². The summed E-state index contributed by atoms with van der Waals surface area (Å²) in [5.41, 5.74) is 3.19. The Morgan fingerprint density at radius 1 is 1.45 bits per heavy atom. The third-order valence-electron chi connectivity index (χ3n) is 4.88. The average molecular weight is 394 g/mol. The van der Waals surface area contributed by atoms with Gasteiger partial charge in [-0.25, -0.2) is 9.37 Å². The van der Waals surface area contributed by atoms with Gasteiger partial charge in [0.05, 0.1) is 11.7 Å². The van der Waals surface area contributed by atoms with Crippen molar-refractivity contribution in [2.45, 2.75) is 32.8 Å². The van der Waals surface area contributed by atoms with Gasteiger partial charge >= 0.3 is 0 Å². The van der Waals surface area contributed by atoms with Crippen LogP contribution in [0.2, 0.25) is 0 Å². The molecule has 2 aromatic rings. The van der Waals surface area contributed by atoms with E-state index in [1.165, 1.54) is 18.3 Å². The molecule has 0 aliphatic heterocycles. The lowest BCUT2D eigenvalue weighted by atomic mass is 10.1. The maximum atomic E-state index is 13.5. The van der Waals surface area contributed by atoms with Crippen molar-refractivity contribution < 1.29 is 13.9 Å². The first kappa shape index (κ1) is 20.5. The van der Waals surface area contributed by atoms with Crippen molar-refractivity contribution in [2.24, 2.45) is 0 Å². The number of aryl methyl sites for hydroxylation is 1. The molecule has 1 aromatic carbocycles. The maximum Gasteiger partial charge on any atom is 0.249 e. The second-order valence-electron chi connectivity index (χ2n) is 6.80. The Hall–Kier alpha value is -3.24. The number of amides is 1. The van der Waals surface area contributed by atoms with Crippen LogP contribution in [0, 0.1) is 17.1 Å². The highest BCUT2D eigenvalue weighted by Gasteiger charge is 2.24. The molecule has 0 bridgehead atoms. The fourth-order valence-corrected chi connectivity index (χ4v) is 3.39. The van der Waals surface area contributed by atoms with Crippen LogP contribution in [0.15, 0.2) is 48.4 Å². The minimum absolute atomic E-state index is 0.106. The molecule has 29 heavy (non-hydrogen) atoms. The van der Waals surface area contributed by atoms with Gasteiger partial charge in [-0.15, -0.1) is 0 Å². The molecule has 1 aliphatic carbocycles. The van der Waals surface area contributed by atoms with E-state index in [4.69, 9.17) is 10.00 Å². The van der Waals surface area contributed by atoms with Crippen molar-refractivity contribution in [3.63, 3.8) is 0 Å². The fourth-order valence-electron chi connectivity index (χ4n) is 3.39. The summed E-state index contributed by atoms with van der Waals surface area (Å²) in [4.78, 5) is 18.4. The lowest BCUT2D eigenvalue weighted by Crippen LogP contribution is -2.27. The lowest BCUT2D eigenvalue weighted by Gasteiger charge is -2.22. The Labute approximate surface area is 169 Å². The number of aromatic nitrogens is 1. The molecule has 1 aliphatic rings. The number of pyridine rings is 1. The van der Waals surface area contributed by atoms with Crippen LogP contribution in [0.3, 0.4) is 0 Å². The van der Waals surface area contributed by atoms with Crippen LogP contribution in [0.1, 0.15) is 43.1 Å². The summed E-state index contributed by atoms with van der Waals surface area (Å²) in [7, 11) is 0. The molecule has 7 heteroatoms. The van der Waals surface area contributed by atoms with Gasteiger partial charge in [-0.3, -0.25) is 4.79 Å². The number of benzene rings is 1. The van der Waals surface area contributed by atoms with Crippen molar-refractivity contribution in [1.82, 2.24) is 10.3 Å². The Morgan fingerprint density at radius 2 is 2.28 bits per heavy atom. The molecule has 150 valence electrons. The molecular weight excluding hydrogens is 371 g/mol. The number of anilines is 1. The predicted octanol–water partition coefficient (Wildman–Crippen LogP) is 3.60. The maximum absolute atomic E-state index is 13.5. The molecule has 1 atom stereocenters. The highest BCUT2D eigenvalue weighted by Crippen LogP contribution is 2.34. The highest BCUT2D eigenvalue weighted by molar-refractivity contribution is 5.78. The zero-order valence-corrected chi connectivity index (χ0v) is 16.5. The van der Waals surface area contributed by atoms with Gasteiger partial charge in [-0.2, -0.15) is 5.26 Å². The number of nitrogens with zero attached hydrogens (tertiary/aromatic N) is 3. The largest absolute Gasteiger partial charge is 0.364 e. The molecular formula is C22H23FN4O2. The summed E-state index contributed by atoms with van der Waals surface area (Å²) in [5, 5.41) is 11.6. The zero-order chi connectivity index (χ0) is 20.8. The summed E-state index contributed by atoms with van der Waals surface area (Å²) >= 11 is 0. The van der Waals surface area contributed by atoms with Gasteiger partial charge in [0.2, 0.25) is 5.91 Å². The SMILES string of the molecule is CCN(/C(C)=C/NC(=O)COC1CCc2ccc(F)cc21)c1ccc(C#N)cn1. The number of carbonyl (C=O) groups excluding carboxylic acids is 1. The lowest BCUT2D eigenvalue weighted by molar-refractivity contribution is -0.126. The van der Waals surface area contributed by atoms with Crippen molar-refractivity contribution in [3.05, 3.63) is 70.9 Å². The third kappa shape index (κ3) is 4.98. The Morgan fingerprint density at radius 3 is 2.97 bits per heavy atom. The Kier molecular flexibility index (Phi) is 6.57. The van der Waals surface area contributed by atoms with E-state index in [0.29, 0.717) is 17.9 Å². The number of nitriles is 1. The molecule has 0 radical (unpaired) electrons. The molecule has 0 spiro atoms. The molecule has 0 fully saturated rings. The van der Waals surface area contributed by atoms with E-state index in [9.17, 15) is 9.18 Å². The van der Waals surface area contributed by atoms with Crippen LogP contribution in [0.5, 0.6) is 0 Å². The summed E-state index contributed by atoms with van der Waals surface area (Å²) < 4.78 is 19.2. The van der Waals surface area contributed by atoms with Crippen LogP contribution in [-0.4, -0.2) is 24.0 Å². The second-order valence-corrected chi connectivity index (χ2v) is 6.80. The molecule has 3 rings (SSSR count). The molecule has 1 unspecified atom stereocenters. The second kappa shape index (κ2) is 9.30. The molecule has 1 aromatic heterocycles. The molecule has 0 saturated heterocycles. The van der Waals surface area contributed by atoms with Crippen molar-refractivity contribution >= 4 is 11.7 Å². The summed E-state index contributed by atoms with van der Waals surface area (Å²) in [5.74, 6) is 0.117. The van der Waals surface area contributed by atoms with Gasteiger partial charge in [-0.05, 0) is 62.1 Å². The number of allylic oxidation sites excluding steroid dienone is 1. The van der Waals surface area contributed by atoms with Crippen LogP contribution in [0.4, 0.5) is 10.2 Å². The van der Waals surface area contributed by atoms with E-state index in [-0.39, 0.29) is 24.4 Å². The van der Waals surface area contributed by atoms with Crippen molar-refractivity contribution in [1.29, 1.82) is 5.26 Å². The van der Waals surface area contributed by atoms with E-state index in [0.717, 1.165) is 29.7 Å². The van der Waals surface area contributed by atoms with Gasteiger partial charge in [0.1, 0.15) is 24.3 Å². The van der Waals surface area contributed by atoms with Crippen LogP contribution >= 0.6 is 0 Å². The highest BCUT2D eigenvalue weighted by atomic mass is 19.1. The zero-order valence-electron chi connectivity index (χ0n) is 16.5. The first-order valence-corrected chi connectivity index (χ1v) is 9.51. The number of ether oxygens (including phenoxy) is 1. The molecule has 0 saturated carbocycles. The average Bonchev–Trinajstić information content (AvgIpc) is 3.13. The van der Waals surface area contributed by atoms with E-state index in [1.807, 2.05) is 24.8 Å². The van der Waals surface area contributed by atoms with E-state index >= 15 is 0 Å². The number of carbonyl (C=O) groups is 1. The molecule has 6 nitrogen and oxygen atoms in total. The molecule has 1 N–H and O–H groups in total. The fraction of sp³-hybridized carbons (Fsp3) is 0.318. The van der Waals surface area contributed by atoms with Gasteiger partial charge in [0.25, 0.3) is 0 Å². The van der Waals surface area contributed by atoms with E-state index < -0.39 is 0 Å². The van der Waals surface area contributed by atoms with E-state index in [1.54, 1.807) is 24.4 Å². The number of fused-ring (bicyclic) bond motifs is 1. The first-order valence-electron chi connectivity index (χ1n) is 9.51. The monoisotopic (exact) mass is 394 g/mol. The minimum Gasteiger partial charge on any atom is -0.364 e. The van der Waals surface area contributed by atoms with Crippen molar-refractivity contribution in [3.8, 4) is 6.07 Å². The quantitative estimate of drug-likeness (QED) is 0.776. The summed E-state index contributed by atoms with van der Waals surface area (Å²) in [6.07, 6.45) is 4.43. The Balaban J connectivity index is 1.55. The van der Waals surface area contributed by atoms with Gasteiger partial charge in [-0.1, -0.05) is 6.07 Å². The van der Waals surface area contributed by atoms with E-state index in [2.05, 4.69) is 10.3 Å². The van der Waals surface area contributed by atoms with Crippen LogP contribution in [0.25, 0.3) is 0 Å². The number of hydrogen-bond donors (Lipinski definition) is 1. The molecule has 1 heterocycles.